The fourth-order valence-corrected chi connectivity index (χ4v) is 2.68. The number of hydrazone groups is 1. The smallest absolute Gasteiger partial charge is 0.142 e. The van der Waals surface area contributed by atoms with Gasteiger partial charge in [0.1, 0.15) is 11.4 Å². The first-order valence-corrected chi connectivity index (χ1v) is 8.87. The number of allylic oxidation sites excluding steroid dienone is 2. The Bertz CT molecular complexity index is 551. The Morgan fingerprint density at radius 1 is 1.00 bits per heavy atom. The van der Waals surface area contributed by atoms with Gasteiger partial charge >= 0.3 is 0 Å². The van der Waals surface area contributed by atoms with Crippen molar-refractivity contribution in [1.82, 2.24) is 5.43 Å². The predicted molar refractivity (Wildman–Crippen MR) is 97.5 cm³/mol. The van der Waals surface area contributed by atoms with Crippen LogP contribution in [0.1, 0.15) is 65.2 Å². The lowest BCUT2D eigenvalue weighted by molar-refractivity contribution is 0.471. The summed E-state index contributed by atoms with van der Waals surface area (Å²) < 4.78 is 0. The molecule has 0 aliphatic carbocycles. The van der Waals surface area contributed by atoms with Crippen LogP contribution < -0.4 is 10.5 Å². The van der Waals surface area contributed by atoms with Crippen molar-refractivity contribution in [2.24, 2.45) is 5.10 Å². The van der Waals surface area contributed by atoms with Crippen LogP contribution in [-0.2, 0) is 0 Å². The number of anilines is 1. The predicted octanol–water partition coefficient (Wildman–Crippen LogP) is 5.12. The zero-order chi connectivity index (χ0) is 16.5. The molecule has 0 fully saturated rings. The SMILES string of the molecule is CCCCCC1=CC(CCCCC)=NN(c2ccccc2O)N1. The molecule has 2 N–H and O–H groups in total. The summed E-state index contributed by atoms with van der Waals surface area (Å²) in [6.07, 6.45) is 11.4. The van der Waals surface area contributed by atoms with Crippen LogP contribution in [0.4, 0.5) is 5.69 Å². The molecule has 4 nitrogen and oxygen atoms in total. The fourth-order valence-electron chi connectivity index (χ4n) is 2.68. The summed E-state index contributed by atoms with van der Waals surface area (Å²) in [7, 11) is 0. The van der Waals surface area contributed by atoms with Crippen LogP contribution in [0.5, 0.6) is 5.75 Å². The molecule has 0 radical (unpaired) electrons. The Labute approximate surface area is 139 Å². The lowest BCUT2D eigenvalue weighted by Crippen LogP contribution is -2.37. The molecule has 1 aliphatic heterocycles. The largest absolute Gasteiger partial charge is 0.506 e. The van der Waals surface area contributed by atoms with Crippen molar-refractivity contribution in [3.05, 3.63) is 36.0 Å². The molecule has 0 spiro atoms. The normalized spacial score (nSPS) is 14.3. The molecule has 2 rings (SSSR count). The first-order chi connectivity index (χ1) is 11.2. The van der Waals surface area contributed by atoms with Crippen molar-refractivity contribution in [1.29, 1.82) is 0 Å². The van der Waals surface area contributed by atoms with E-state index >= 15 is 0 Å². The number of hydrogen-bond acceptors (Lipinski definition) is 4. The third-order valence-corrected chi connectivity index (χ3v) is 4.01. The van der Waals surface area contributed by atoms with Crippen LogP contribution >= 0.6 is 0 Å². The van der Waals surface area contributed by atoms with Crippen LogP contribution in [0.3, 0.4) is 0 Å². The van der Waals surface area contributed by atoms with E-state index < -0.39 is 0 Å². The second-order valence-electron chi connectivity index (χ2n) is 6.09. The molecular formula is C19H29N3O. The fraction of sp³-hybridized carbons (Fsp3) is 0.526. The van der Waals surface area contributed by atoms with E-state index in [-0.39, 0.29) is 5.75 Å². The van der Waals surface area contributed by atoms with Gasteiger partial charge in [-0.1, -0.05) is 51.7 Å². The van der Waals surface area contributed by atoms with E-state index in [2.05, 4.69) is 30.5 Å². The molecule has 1 heterocycles. The molecule has 1 aliphatic rings. The molecule has 0 amide bonds. The summed E-state index contributed by atoms with van der Waals surface area (Å²) in [5, 5.41) is 16.5. The number of aromatic hydroxyl groups is 1. The standard InChI is InChI=1S/C19H29N3O/c1-3-5-7-11-16-15-17(12-8-6-4-2)21-22(20-16)18-13-9-10-14-19(18)23/h9-10,13-15,20,23H,3-8,11-12H2,1-2H3. The molecule has 0 atom stereocenters. The summed E-state index contributed by atoms with van der Waals surface area (Å²) in [6.45, 7) is 4.43. The molecule has 23 heavy (non-hydrogen) atoms. The number of unbranched alkanes of at least 4 members (excludes halogenated alkanes) is 4. The van der Waals surface area contributed by atoms with Gasteiger partial charge in [0.2, 0.25) is 0 Å². The molecule has 0 unspecified atom stereocenters. The average Bonchev–Trinajstić information content (AvgIpc) is 2.56. The number of hydrazine groups is 1. The Kier molecular flexibility index (Phi) is 6.98. The van der Waals surface area contributed by atoms with Gasteiger partial charge in [-0.25, -0.2) is 0 Å². The Balaban J connectivity index is 2.12. The lowest BCUT2D eigenvalue weighted by Gasteiger charge is -2.28. The first kappa shape index (κ1) is 17.4. The highest BCUT2D eigenvalue weighted by Crippen LogP contribution is 2.28. The minimum atomic E-state index is 0.242. The number of nitrogens with one attached hydrogen (secondary N) is 1. The van der Waals surface area contributed by atoms with Crippen molar-refractivity contribution in [3.8, 4) is 5.75 Å². The monoisotopic (exact) mass is 315 g/mol. The van der Waals surface area contributed by atoms with Crippen molar-refractivity contribution in [3.63, 3.8) is 0 Å². The quantitative estimate of drug-likeness (QED) is 0.622. The number of benzene rings is 1. The molecule has 4 heteroatoms. The highest BCUT2D eigenvalue weighted by molar-refractivity contribution is 5.96. The van der Waals surface area contributed by atoms with Crippen molar-refractivity contribution >= 4 is 11.4 Å². The van der Waals surface area contributed by atoms with Crippen LogP contribution in [0.2, 0.25) is 0 Å². The average molecular weight is 315 g/mol. The maximum absolute atomic E-state index is 10.1. The number of hydrogen-bond donors (Lipinski definition) is 2. The van der Waals surface area contributed by atoms with Gasteiger partial charge in [0.15, 0.2) is 0 Å². The van der Waals surface area contributed by atoms with Gasteiger partial charge in [0.05, 0.1) is 5.71 Å². The van der Waals surface area contributed by atoms with Crippen LogP contribution in [-0.4, -0.2) is 10.8 Å². The second kappa shape index (κ2) is 9.23. The summed E-state index contributed by atoms with van der Waals surface area (Å²) in [5.74, 6) is 0.242. The van der Waals surface area contributed by atoms with Gasteiger partial charge in [0.25, 0.3) is 0 Å². The molecule has 0 saturated carbocycles. The zero-order valence-electron chi connectivity index (χ0n) is 14.4. The van der Waals surface area contributed by atoms with Gasteiger partial charge in [-0.2, -0.15) is 10.2 Å². The minimum absolute atomic E-state index is 0.242. The van der Waals surface area contributed by atoms with E-state index in [1.54, 1.807) is 11.2 Å². The maximum atomic E-state index is 10.1. The van der Waals surface area contributed by atoms with E-state index in [1.807, 2.05) is 18.2 Å². The highest BCUT2D eigenvalue weighted by Gasteiger charge is 2.16. The third-order valence-electron chi connectivity index (χ3n) is 4.01. The van der Waals surface area contributed by atoms with E-state index in [1.165, 1.54) is 37.8 Å². The van der Waals surface area contributed by atoms with Crippen molar-refractivity contribution < 1.29 is 5.11 Å². The lowest BCUT2D eigenvalue weighted by atomic mass is 10.1. The minimum Gasteiger partial charge on any atom is -0.506 e. The van der Waals surface area contributed by atoms with E-state index in [9.17, 15) is 5.11 Å². The van der Waals surface area contributed by atoms with E-state index in [4.69, 9.17) is 0 Å². The van der Waals surface area contributed by atoms with Crippen molar-refractivity contribution in [2.75, 3.05) is 5.12 Å². The Morgan fingerprint density at radius 2 is 1.70 bits per heavy atom. The number of phenolic OH excluding ortho intramolecular Hbond substituents is 1. The van der Waals surface area contributed by atoms with Gasteiger partial charge in [-0.05, 0) is 43.9 Å². The van der Waals surface area contributed by atoms with E-state index in [0.717, 1.165) is 25.0 Å². The summed E-state index contributed by atoms with van der Waals surface area (Å²) in [5.41, 5.74) is 6.31. The van der Waals surface area contributed by atoms with Gasteiger partial charge in [0, 0.05) is 5.70 Å². The molecular weight excluding hydrogens is 286 g/mol. The zero-order valence-corrected chi connectivity index (χ0v) is 14.4. The highest BCUT2D eigenvalue weighted by atomic mass is 16.3. The summed E-state index contributed by atoms with van der Waals surface area (Å²) in [6, 6.07) is 7.31. The number of para-hydroxylation sites is 2. The van der Waals surface area contributed by atoms with Gasteiger partial charge < -0.3 is 5.11 Å². The Hall–Kier alpha value is -1.97. The first-order valence-electron chi connectivity index (χ1n) is 8.87. The topological polar surface area (TPSA) is 47.9 Å². The molecule has 1 aromatic carbocycles. The van der Waals surface area contributed by atoms with E-state index in [0.29, 0.717) is 5.69 Å². The maximum Gasteiger partial charge on any atom is 0.142 e. The van der Waals surface area contributed by atoms with Crippen molar-refractivity contribution in [2.45, 2.75) is 65.2 Å². The third kappa shape index (κ3) is 5.31. The number of rotatable bonds is 9. The molecule has 0 aromatic heterocycles. The Morgan fingerprint density at radius 3 is 2.39 bits per heavy atom. The van der Waals surface area contributed by atoms with Gasteiger partial charge in [-0.15, -0.1) is 0 Å². The molecule has 1 aromatic rings. The molecule has 126 valence electrons. The van der Waals surface area contributed by atoms with Gasteiger partial charge in [-0.3, -0.25) is 5.43 Å². The molecule has 0 saturated heterocycles. The van der Waals surface area contributed by atoms with Crippen LogP contribution in [0.25, 0.3) is 0 Å². The second-order valence-corrected chi connectivity index (χ2v) is 6.09. The number of nitrogens with zero attached hydrogens (tertiary/aromatic N) is 2. The summed E-state index contributed by atoms with van der Waals surface area (Å²) in [4.78, 5) is 0. The van der Waals surface area contributed by atoms with Crippen LogP contribution in [0, 0.1) is 0 Å². The number of phenols is 1. The summed E-state index contributed by atoms with van der Waals surface area (Å²) >= 11 is 0. The molecule has 0 bridgehead atoms. The van der Waals surface area contributed by atoms with Crippen LogP contribution in [0.15, 0.2) is 41.1 Å².